The summed E-state index contributed by atoms with van der Waals surface area (Å²) in [6, 6.07) is 0.116. The minimum absolute atomic E-state index is 0.237. The van der Waals surface area contributed by atoms with Crippen molar-refractivity contribution in [3.05, 3.63) is 0 Å². The number of morpholine rings is 1. The molecule has 1 aliphatic heterocycles. The summed E-state index contributed by atoms with van der Waals surface area (Å²) >= 11 is 0. The van der Waals surface area contributed by atoms with Crippen LogP contribution in [0.25, 0.3) is 0 Å². The van der Waals surface area contributed by atoms with Gasteiger partial charge in [-0.1, -0.05) is 0 Å². The van der Waals surface area contributed by atoms with Gasteiger partial charge in [0.2, 0.25) is 5.91 Å². The third kappa shape index (κ3) is 1.95. The largest absolute Gasteiger partial charge is 0.378 e. The number of rotatable bonds is 2. The minimum Gasteiger partial charge on any atom is -0.378 e. The number of nitrogens with two attached hydrogens (primary N) is 1. The Kier molecular flexibility index (Phi) is 3.05. The lowest BCUT2D eigenvalue weighted by Gasteiger charge is -2.36. The van der Waals surface area contributed by atoms with Crippen molar-refractivity contribution in [2.24, 2.45) is 5.73 Å². The van der Waals surface area contributed by atoms with E-state index >= 15 is 0 Å². The van der Waals surface area contributed by atoms with Gasteiger partial charge in [-0.3, -0.25) is 9.69 Å². The Balaban J connectivity index is 2.60. The molecule has 0 bridgehead atoms. The van der Waals surface area contributed by atoms with Crippen molar-refractivity contribution >= 4 is 5.91 Å². The van der Waals surface area contributed by atoms with E-state index in [4.69, 9.17) is 10.5 Å². The summed E-state index contributed by atoms with van der Waals surface area (Å²) < 4.78 is 5.18. The van der Waals surface area contributed by atoms with Crippen LogP contribution < -0.4 is 5.73 Å². The van der Waals surface area contributed by atoms with E-state index in [0.29, 0.717) is 19.3 Å². The first-order valence-corrected chi connectivity index (χ1v) is 4.25. The van der Waals surface area contributed by atoms with Crippen LogP contribution >= 0.6 is 0 Å². The standard InChI is InChI=1S/C8H16N2O2/c1-6(2)10-3-4-12-5-7(10)8(9)11/h6-7H,3-5H2,1-2H3,(H2,9,11)/t7-/m1/s1. The van der Waals surface area contributed by atoms with Crippen LogP contribution in [0.3, 0.4) is 0 Å². The van der Waals surface area contributed by atoms with Gasteiger partial charge in [0, 0.05) is 12.6 Å². The lowest BCUT2D eigenvalue weighted by molar-refractivity contribution is -0.130. The molecular weight excluding hydrogens is 156 g/mol. The second-order valence-electron chi connectivity index (χ2n) is 3.32. The molecule has 2 N–H and O–H groups in total. The monoisotopic (exact) mass is 172 g/mol. The van der Waals surface area contributed by atoms with E-state index < -0.39 is 0 Å². The van der Waals surface area contributed by atoms with Crippen molar-refractivity contribution in [3.63, 3.8) is 0 Å². The highest BCUT2D eigenvalue weighted by Crippen LogP contribution is 2.09. The van der Waals surface area contributed by atoms with Crippen LogP contribution in [0.15, 0.2) is 0 Å². The summed E-state index contributed by atoms with van der Waals surface area (Å²) in [5.41, 5.74) is 5.23. The van der Waals surface area contributed by atoms with Crippen LogP contribution in [-0.4, -0.2) is 42.6 Å². The fraction of sp³-hybridized carbons (Fsp3) is 0.875. The van der Waals surface area contributed by atoms with Gasteiger partial charge < -0.3 is 10.5 Å². The van der Waals surface area contributed by atoms with Crippen molar-refractivity contribution < 1.29 is 9.53 Å². The van der Waals surface area contributed by atoms with Gasteiger partial charge in [-0.05, 0) is 13.8 Å². The Morgan fingerprint density at radius 1 is 1.67 bits per heavy atom. The van der Waals surface area contributed by atoms with Crippen LogP contribution in [0.5, 0.6) is 0 Å². The maximum Gasteiger partial charge on any atom is 0.237 e. The smallest absolute Gasteiger partial charge is 0.237 e. The number of nitrogens with zero attached hydrogens (tertiary/aromatic N) is 1. The Bertz CT molecular complexity index is 170. The zero-order valence-electron chi connectivity index (χ0n) is 7.62. The number of carbonyl (C=O) groups excluding carboxylic acids is 1. The average Bonchev–Trinajstić information content (AvgIpc) is 2.04. The zero-order valence-corrected chi connectivity index (χ0v) is 7.62. The normalized spacial score (nSPS) is 26.1. The van der Waals surface area contributed by atoms with Crippen LogP contribution in [-0.2, 0) is 9.53 Å². The van der Waals surface area contributed by atoms with Gasteiger partial charge in [0.05, 0.1) is 13.2 Å². The predicted molar refractivity (Wildman–Crippen MR) is 45.6 cm³/mol. The van der Waals surface area contributed by atoms with Crippen LogP contribution in [0.4, 0.5) is 0 Å². The molecule has 4 nitrogen and oxygen atoms in total. The molecule has 0 aromatic carbocycles. The summed E-state index contributed by atoms with van der Waals surface area (Å²) in [6.45, 7) is 6.04. The number of amides is 1. The Labute approximate surface area is 72.7 Å². The molecule has 0 spiro atoms. The zero-order chi connectivity index (χ0) is 9.14. The Morgan fingerprint density at radius 3 is 2.75 bits per heavy atom. The van der Waals surface area contributed by atoms with Gasteiger partial charge in [-0.2, -0.15) is 0 Å². The van der Waals surface area contributed by atoms with Crippen molar-refractivity contribution in [2.45, 2.75) is 25.9 Å². The lowest BCUT2D eigenvalue weighted by atomic mass is 10.1. The van der Waals surface area contributed by atoms with E-state index in [2.05, 4.69) is 18.7 Å². The molecule has 1 amide bonds. The highest BCUT2D eigenvalue weighted by Gasteiger charge is 2.28. The Hall–Kier alpha value is -0.610. The number of ether oxygens (including phenoxy) is 1. The number of hydrogen-bond donors (Lipinski definition) is 1. The van der Waals surface area contributed by atoms with E-state index in [9.17, 15) is 4.79 Å². The van der Waals surface area contributed by atoms with Gasteiger partial charge >= 0.3 is 0 Å². The molecule has 1 aliphatic rings. The highest BCUT2D eigenvalue weighted by atomic mass is 16.5. The molecule has 0 aromatic heterocycles. The van der Waals surface area contributed by atoms with Gasteiger partial charge in [-0.15, -0.1) is 0 Å². The quantitative estimate of drug-likeness (QED) is 0.615. The lowest BCUT2D eigenvalue weighted by Crippen LogP contribution is -2.54. The SMILES string of the molecule is CC(C)N1CCOC[C@@H]1C(N)=O. The molecule has 1 rings (SSSR count). The van der Waals surface area contributed by atoms with Gasteiger partial charge in [-0.25, -0.2) is 0 Å². The second-order valence-corrected chi connectivity index (χ2v) is 3.32. The average molecular weight is 172 g/mol. The van der Waals surface area contributed by atoms with E-state index in [1.54, 1.807) is 0 Å². The molecule has 1 fully saturated rings. The van der Waals surface area contributed by atoms with Crippen molar-refractivity contribution in [1.29, 1.82) is 0 Å². The van der Waals surface area contributed by atoms with Crippen molar-refractivity contribution in [1.82, 2.24) is 4.90 Å². The summed E-state index contributed by atoms with van der Waals surface area (Å²) in [5.74, 6) is -0.289. The van der Waals surface area contributed by atoms with Crippen molar-refractivity contribution in [2.75, 3.05) is 19.8 Å². The first-order chi connectivity index (χ1) is 5.63. The van der Waals surface area contributed by atoms with Gasteiger partial charge in [0.15, 0.2) is 0 Å². The summed E-state index contributed by atoms with van der Waals surface area (Å²) in [7, 11) is 0. The number of carbonyl (C=O) groups is 1. The summed E-state index contributed by atoms with van der Waals surface area (Å²) in [6.07, 6.45) is 0. The number of hydrogen-bond acceptors (Lipinski definition) is 3. The fourth-order valence-corrected chi connectivity index (χ4v) is 1.48. The molecule has 4 heteroatoms. The van der Waals surface area contributed by atoms with Crippen LogP contribution in [0, 0.1) is 0 Å². The third-order valence-electron chi connectivity index (χ3n) is 2.16. The Morgan fingerprint density at radius 2 is 2.33 bits per heavy atom. The summed E-state index contributed by atoms with van der Waals surface area (Å²) in [5, 5.41) is 0. The van der Waals surface area contributed by atoms with Gasteiger partial charge in [0.1, 0.15) is 6.04 Å². The highest BCUT2D eigenvalue weighted by molar-refractivity contribution is 5.80. The second kappa shape index (κ2) is 3.87. The molecule has 70 valence electrons. The molecule has 12 heavy (non-hydrogen) atoms. The molecule has 0 radical (unpaired) electrons. The van der Waals surface area contributed by atoms with Crippen molar-refractivity contribution in [3.8, 4) is 0 Å². The fourth-order valence-electron chi connectivity index (χ4n) is 1.48. The third-order valence-corrected chi connectivity index (χ3v) is 2.16. The minimum atomic E-state index is -0.289. The molecule has 1 saturated heterocycles. The topological polar surface area (TPSA) is 55.6 Å². The summed E-state index contributed by atoms with van der Waals surface area (Å²) in [4.78, 5) is 13.0. The predicted octanol–water partition coefficient (Wildman–Crippen LogP) is -0.419. The van der Waals surface area contributed by atoms with Gasteiger partial charge in [0.25, 0.3) is 0 Å². The molecule has 1 atom stereocenters. The first kappa shape index (κ1) is 9.48. The van der Waals surface area contributed by atoms with E-state index in [0.717, 1.165) is 6.54 Å². The first-order valence-electron chi connectivity index (χ1n) is 4.25. The van der Waals surface area contributed by atoms with E-state index in [1.165, 1.54) is 0 Å². The van der Waals surface area contributed by atoms with E-state index in [-0.39, 0.29) is 11.9 Å². The molecule has 1 heterocycles. The van der Waals surface area contributed by atoms with Crippen LogP contribution in [0.1, 0.15) is 13.8 Å². The molecule has 0 aromatic rings. The maximum atomic E-state index is 11.0. The molecular formula is C8H16N2O2. The maximum absolute atomic E-state index is 11.0. The number of primary amides is 1. The van der Waals surface area contributed by atoms with E-state index in [1.807, 2.05) is 0 Å². The molecule has 0 aliphatic carbocycles. The molecule has 0 saturated carbocycles. The van der Waals surface area contributed by atoms with Crippen LogP contribution in [0.2, 0.25) is 0 Å². The molecule has 0 unspecified atom stereocenters.